The van der Waals surface area contributed by atoms with Crippen molar-refractivity contribution in [3.05, 3.63) is 0 Å². The van der Waals surface area contributed by atoms with Crippen LogP contribution in [0.5, 0.6) is 0 Å². The SMILES string of the molecule is CCOCCCNC(=S)N1CCC(C)C(C)C1. The Balaban J connectivity index is 2.15. The van der Waals surface area contributed by atoms with Crippen LogP contribution in [0, 0.1) is 11.8 Å². The van der Waals surface area contributed by atoms with Gasteiger partial charge in [-0.2, -0.15) is 0 Å². The molecule has 0 aromatic rings. The van der Waals surface area contributed by atoms with Crippen LogP contribution in [0.1, 0.15) is 33.6 Å². The molecular weight excluding hydrogens is 232 g/mol. The van der Waals surface area contributed by atoms with Gasteiger partial charge in [0, 0.05) is 32.8 Å². The molecule has 0 amide bonds. The summed E-state index contributed by atoms with van der Waals surface area (Å²) >= 11 is 5.42. The van der Waals surface area contributed by atoms with Crippen molar-refractivity contribution in [3.63, 3.8) is 0 Å². The second-order valence-electron chi connectivity index (χ2n) is 4.97. The zero-order valence-electron chi connectivity index (χ0n) is 11.4. The fraction of sp³-hybridized carbons (Fsp3) is 0.923. The highest BCUT2D eigenvalue weighted by molar-refractivity contribution is 7.80. The summed E-state index contributed by atoms with van der Waals surface area (Å²) in [5, 5.41) is 4.24. The third-order valence-corrected chi connectivity index (χ3v) is 3.97. The highest BCUT2D eigenvalue weighted by atomic mass is 32.1. The zero-order chi connectivity index (χ0) is 12.7. The molecule has 2 unspecified atom stereocenters. The number of hydrogen-bond acceptors (Lipinski definition) is 2. The maximum absolute atomic E-state index is 5.42. The van der Waals surface area contributed by atoms with Gasteiger partial charge in [0.05, 0.1) is 0 Å². The first-order valence-corrected chi connectivity index (χ1v) is 7.16. The van der Waals surface area contributed by atoms with E-state index in [4.69, 9.17) is 17.0 Å². The Bertz CT molecular complexity index is 235. The maximum atomic E-state index is 5.42. The number of hydrogen-bond donors (Lipinski definition) is 1. The fourth-order valence-corrected chi connectivity index (χ4v) is 2.34. The summed E-state index contributed by atoms with van der Waals surface area (Å²) < 4.78 is 5.30. The number of likely N-dealkylation sites (tertiary alicyclic amines) is 1. The van der Waals surface area contributed by atoms with Crippen LogP contribution in [-0.4, -0.2) is 42.9 Å². The Hall–Kier alpha value is -0.350. The molecule has 100 valence electrons. The average molecular weight is 258 g/mol. The van der Waals surface area contributed by atoms with Crippen molar-refractivity contribution in [1.29, 1.82) is 0 Å². The van der Waals surface area contributed by atoms with E-state index >= 15 is 0 Å². The summed E-state index contributed by atoms with van der Waals surface area (Å²) in [6.45, 7) is 11.4. The molecule has 0 aliphatic carbocycles. The molecule has 0 bridgehead atoms. The van der Waals surface area contributed by atoms with Crippen molar-refractivity contribution in [2.45, 2.75) is 33.6 Å². The van der Waals surface area contributed by atoms with Gasteiger partial charge >= 0.3 is 0 Å². The van der Waals surface area contributed by atoms with Crippen LogP contribution >= 0.6 is 12.2 Å². The molecule has 1 aliphatic heterocycles. The van der Waals surface area contributed by atoms with Crippen molar-refractivity contribution >= 4 is 17.3 Å². The molecule has 1 aliphatic rings. The maximum Gasteiger partial charge on any atom is 0.168 e. The van der Waals surface area contributed by atoms with E-state index in [1.54, 1.807) is 0 Å². The van der Waals surface area contributed by atoms with Gasteiger partial charge in [-0.25, -0.2) is 0 Å². The summed E-state index contributed by atoms with van der Waals surface area (Å²) in [7, 11) is 0. The smallest absolute Gasteiger partial charge is 0.168 e. The average Bonchev–Trinajstić information content (AvgIpc) is 2.32. The fourth-order valence-electron chi connectivity index (χ4n) is 2.07. The van der Waals surface area contributed by atoms with Gasteiger partial charge in [0.1, 0.15) is 0 Å². The van der Waals surface area contributed by atoms with Gasteiger partial charge in [-0.15, -0.1) is 0 Å². The second kappa shape index (κ2) is 7.88. The quantitative estimate of drug-likeness (QED) is 0.604. The normalized spacial score (nSPS) is 24.8. The second-order valence-corrected chi connectivity index (χ2v) is 5.36. The van der Waals surface area contributed by atoms with Gasteiger partial charge in [0.25, 0.3) is 0 Å². The number of ether oxygens (including phenoxy) is 1. The number of nitrogens with zero attached hydrogens (tertiary/aromatic N) is 1. The minimum Gasteiger partial charge on any atom is -0.382 e. The van der Waals surface area contributed by atoms with E-state index < -0.39 is 0 Å². The van der Waals surface area contributed by atoms with E-state index in [9.17, 15) is 0 Å². The van der Waals surface area contributed by atoms with Crippen LogP contribution in [0.15, 0.2) is 0 Å². The number of nitrogens with one attached hydrogen (secondary N) is 1. The van der Waals surface area contributed by atoms with Crippen LogP contribution in [0.4, 0.5) is 0 Å². The van der Waals surface area contributed by atoms with E-state index in [2.05, 4.69) is 24.1 Å². The molecule has 0 radical (unpaired) electrons. The monoisotopic (exact) mass is 258 g/mol. The summed E-state index contributed by atoms with van der Waals surface area (Å²) in [5.41, 5.74) is 0. The molecular formula is C13H26N2OS. The lowest BCUT2D eigenvalue weighted by Gasteiger charge is -2.36. The lowest BCUT2D eigenvalue weighted by atomic mass is 9.89. The molecule has 1 N–H and O–H groups in total. The zero-order valence-corrected chi connectivity index (χ0v) is 12.2. The van der Waals surface area contributed by atoms with Gasteiger partial charge in [0.2, 0.25) is 0 Å². The van der Waals surface area contributed by atoms with Crippen LogP contribution in [0.3, 0.4) is 0 Å². The minimum atomic E-state index is 0.743. The van der Waals surface area contributed by atoms with Crippen LogP contribution < -0.4 is 5.32 Å². The minimum absolute atomic E-state index is 0.743. The van der Waals surface area contributed by atoms with Crippen molar-refractivity contribution in [1.82, 2.24) is 10.2 Å². The first kappa shape index (κ1) is 14.7. The Morgan fingerprint density at radius 1 is 1.41 bits per heavy atom. The van der Waals surface area contributed by atoms with Crippen LogP contribution in [-0.2, 0) is 4.74 Å². The van der Waals surface area contributed by atoms with Gasteiger partial charge in [-0.05, 0) is 43.8 Å². The number of rotatable bonds is 5. The first-order valence-electron chi connectivity index (χ1n) is 6.75. The summed E-state index contributed by atoms with van der Waals surface area (Å²) in [4.78, 5) is 2.31. The largest absolute Gasteiger partial charge is 0.382 e. The van der Waals surface area contributed by atoms with Gasteiger partial charge in [0.15, 0.2) is 5.11 Å². The lowest BCUT2D eigenvalue weighted by Crippen LogP contribution is -2.47. The molecule has 0 aromatic carbocycles. The van der Waals surface area contributed by atoms with E-state index in [0.29, 0.717) is 0 Å². The van der Waals surface area contributed by atoms with Gasteiger partial charge < -0.3 is 15.0 Å². The standard InChI is InChI=1S/C13H26N2OS/c1-4-16-9-5-7-14-13(17)15-8-6-11(2)12(3)10-15/h11-12H,4-10H2,1-3H3,(H,14,17). The van der Waals surface area contributed by atoms with E-state index in [1.807, 2.05) is 6.92 Å². The van der Waals surface area contributed by atoms with Crippen molar-refractivity contribution in [2.24, 2.45) is 11.8 Å². The van der Waals surface area contributed by atoms with Gasteiger partial charge in [-0.3, -0.25) is 0 Å². The predicted molar refractivity (Wildman–Crippen MR) is 76.2 cm³/mol. The van der Waals surface area contributed by atoms with Crippen LogP contribution in [0.25, 0.3) is 0 Å². The number of piperidine rings is 1. The molecule has 0 saturated carbocycles. The molecule has 1 heterocycles. The molecule has 1 fully saturated rings. The molecule has 2 atom stereocenters. The molecule has 0 spiro atoms. The van der Waals surface area contributed by atoms with Gasteiger partial charge in [-0.1, -0.05) is 13.8 Å². The van der Waals surface area contributed by atoms with Crippen molar-refractivity contribution in [3.8, 4) is 0 Å². The van der Waals surface area contributed by atoms with Crippen molar-refractivity contribution in [2.75, 3.05) is 32.8 Å². The molecule has 0 aromatic heterocycles. The Morgan fingerprint density at radius 2 is 2.18 bits per heavy atom. The molecule has 4 heteroatoms. The van der Waals surface area contributed by atoms with Crippen molar-refractivity contribution < 1.29 is 4.74 Å². The third-order valence-electron chi connectivity index (χ3n) is 3.57. The first-order chi connectivity index (χ1) is 8.15. The Kier molecular flexibility index (Phi) is 6.82. The molecule has 3 nitrogen and oxygen atoms in total. The van der Waals surface area contributed by atoms with E-state index in [1.165, 1.54) is 6.42 Å². The van der Waals surface area contributed by atoms with Crippen LogP contribution in [0.2, 0.25) is 0 Å². The summed E-state index contributed by atoms with van der Waals surface area (Å²) in [6, 6.07) is 0. The Morgan fingerprint density at radius 3 is 2.82 bits per heavy atom. The van der Waals surface area contributed by atoms with E-state index in [0.717, 1.165) is 56.2 Å². The Labute approximate surface area is 111 Å². The third kappa shape index (κ3) is 5.21. The summed E-state index contributed by atoms with van der Waals surface area (Å²) in [5.74, 6) is 1.57. The number of thiocarbonyl (C=S) groups is 1. The predicted octanol–water partition coefficient (Wildman–Crippen LogP) is 2.27. The lowest BCUT2D eigenvalue weighted by molar-refractivity contribution is 0.145. The molecule has 17 heavy (non-hydrogen) atoms. The molecule has 1 saturated heterocycles. The van der Waals surface area contributed by atoms with E-state index in [-0.39, 0.29) is 0 Å². The topological polar surface area (TPSA) is 24.5 Å². The highest BCUT2D eigenvalue weighted by Gasteiger charge is 2.23. The molecule has 1 rings (SSSR count). The highest BCUT2D eigenvalue weighted by Crippen LogP contribution is 2.22. The summed E-state index contributed by atoms with van der Waals surface area (Å²) in [6.07, 6.45) is 2.27.